The van der Waals surface area contributed by atoms with Crippen LogP contribution in [0.3, 0.4) is 0 Å². The topological polar surface area (TPSA) is 17.1 Å². The highest BCUT2D eigenvalue weighted by molar-refractivity contribution is 7.72. The standard InChI is InChI=1S/C12H12F3OP/c1-9-6-10(12(13,14)15)8-11(7-9)17(16)4-2-3-5-17/h2-3,6-8H,4-5H2,1H3. The molecule has 0 fully saturated rings. The van der Waals surface area contributed by atoms with Crippen molar-refractivity contribution in [2.24, 2.45) is 0 Å². The Morgan fingerprint density at radius 2 is 1.71 bits per heavy atom. The van der Waals surface area contributed by atoms with Crippen molar-refractivity contribution in [2.75, 3.05) is 12.3 Å². The molecule has 0 N–H and O–H groups in total. The van der Waals surface area contributed by atoms with Crippen LogP contribution < -0.4 is 5.30 Å². The highest BCUT2D eigenvalue weighted by Gasteiger charge is 2.33. The van der Waals surface area contributed by atoms with Crippen LogP contribution in [0.4, 0.5) is 13.2 Å². The maximum atomic E-state index is 12.7. The summed E-state index contributed by atoms with van der Waals surface area (Å²) in [6.07, 6.45) is -0.0959. The maximum absolute atomic E-state index is 12.7. The van der Waals surface area contributed by atoms with Gasteiger partial charge in [0.1, 0.15) is 7.14 Å². The van der Waals surface area contributed by atoms with E-state index in [9.17, 15) is 17.7 Å². The van der Waals surface area contributed by atoms with Crippen LogP contribution in [-0.2, 0) is 10.7 Å². The van der Waals surface area contributed by atoms with Crippen LogP contribution in [0.5, 0.6) is 0 Å². The molecule has 2 rings (SSSR count). The summed E-state index contributed by atoms with van der Waals surface area (Å²) in [5.41, 5.74) is -0.216. The largest absolute Gasteiger partial charge is 0.416 e. The number of rotatable bonds is 1. The van der Waals surface area contributed by atoms with Crippen molar-refractivity contribution in [3.05, 3.63) is 41.5 Å². The van der Waals surface area contributed by atoms with E-state index >= 15 is 0 Å². The van der Waals surface area contributed by atoms with Gasteiger partial charge in [0.2, 0.25) is 0 Å². The van der Waals surface area contributed by atoms with Crippen molar-refractivity contribution in [3.63, 3.8) is 0 Å². The van der Waals surface area contributed by atoms with Gasteiger partial charge < -0.3 is 4.57 Å². The molecule has 17 heavy (non-hydrogen) atoms. The van der Waals surface area contributed by atoms with E-state index in [-0.39, 0.29) is 0 Å². The van der Waals surface area contributed by atoms with E-state index in [2.05, 4.69) is 0 Å². The summed E-state index contributed by atoms with van der Waals surface area (Å²) in [7, 11) is -2.66. The third-order valence-corrected chi connectivity index (χ3v) is 5.63. The molecule has 0 aromatic heterocycles. The van der Waals surface area contributed by atoms with Gasteiger partial charge in [-0.1, -0.05) is 12.2 Å². The Labute approximate surface area is 97.7 Å². The van der Waals surface area contributed by atoms with Gasteiger partial charge >= 0.3 is 6.18 Å². The molecule has 1 nitrogen and oxygen atoms in total. The molecule has 0 unspecified atom stereocenters. The first-order valence-electron chi connectivity index (χ1n) is 5.24. The number of hydrogen-bond acceptors (Lipinski definition) is 1. The monoisotopic (exact) mass is 260 g/mol. The fourth-order valence-electron chi connectivity index (χ4n) is 1.94. The maximum Gasteiger partial charge on any atom is 0.416 e. The molecule has 1 aromatic rings. The predicted octanol–water partition coefficient (Wildman–Crippen LogP) is 3.57. The molecule has 0 spiro atoms. The molecule has 1 heterocycles. The number of hydrogen-bond donors (Lipinski definition) is 0. The van der Waals surface area contributed by atoms with Gasteiger partial charge in [0.25, 0.3) is 0 Å². The number of allylic oxidation sites excluding steroid dienone is 2. The van der Waals surface area contributed by atoms with E-state index < -0.39 is 18.9 Å². The smallest absolute Gasteiger partial charge is 0.318 e. The summed E-state index contributed by atoms with van der Waals surface area (Å²) >= 11 is 0. The van der Waals surface area contributed by atoms with Crippen LogP contribution in [-0.4, -0.2) is 12.3 Å². The fraction of sp³-hybridized carbons (Fsp3) is 0.333. The fourth-order valence-corrected chi connectivity index (χ4v) is 4.30. The van der Waals surface area contributed by atoms with Gasteiger partial charge in [-0.3, -0.25) is 0 Å². The number of aryl methyl sites for hydroxylation is 1. The van der Waals surface area contributed by atoms with Crippen molar-refractivity contribution >= 4 is 12.4 Å². The normalized spacial score (nSPS) is 18.6. The predicted molar refractivity (Wildman–Crippen MR) is 62.3 cm³/mol. The van der Waals surface area contributed by atoms with Crippen LogP contribution in [0.1, 0.15) is 11.1 Å². The highest BCUT2D eigenvalue weighted by atomic mass is 31.2. The minimum Gasteiger partial charge on any atom is -0.318 e. The molecule has 0 saturated heterocycles. The first kappa shape index (κ1) is 12.4. The van der Waals surface area contributed by atoms with E-state index in [4.69, 9.17) is 0 Å². The summed E-state index contributed by atoms with van der Waals surface area (Å²) in [6.45, 7) is 1.59. The Hall–Kier alpha value is -1.02. The minimum absolute atomic E-state index is 0.342. The molecule has 0 saturated carbocycles. The lowest BCUT2D eigenvalue weighted by Crippen LogP contribution is -2.13. The Bertz CT molecular complexity index is 505. The van der Waals surface area contributed by atoms with E-state index in [1.54, 1.807) is 25.1 Å². The van der Waals surface area contributed by atoms with Crippen molar-refractivity contribution in [3.8, 4) is 0 Å². The third kappa shape index (κ3) is 2.47. The molecule has 5 heteroatoms. The van der Waals surface area contributed by atoms with Crippen LogP contribution in [0.15, 0.2) is 30.4 Å². The highest BCUT2D eigenvalue weighted by Crippen LogP contribution is 2.48. The molecule has 0 atom stereocenters. The summed E-state index contributed by atoms with van der Waals surface area (Å²) in [5.74, 6) is 0. The average molecular weight is 260 g/mol. The molecule has 0 radical (unpaired) electrons. The quantitative estimate of drug-likeness (QED) is 0.557. The second-order valence-corrected chi connectivity index (χ2v) is 7.31. The van der Waals surface area contributed by atoms with Gasteiger partial charge in [-0.05, 0) is 30.7 Å². The van der Waals surface area contributed by atoms with Gasteiger partial charge in [-0.25, -0.2) is 0 Å². The Balaban J connectivity index is 2.49. The van der Waals surface area contributed by atoms with Crippen molar-refractivity contribution in [2.45, 2.75) is 13.1 Å². The lowest BCUT2D eigenvalue weighted by molar-refractivity contribution is -0.137. The van der Waals surface area contributed by atoms with E-state index in [1.165, 1.54) is 0 Å². The number of alkyl halides is 3. The molecular weight excluding hydrogens is 248 g/mol. The van der Waals surface area contributed by atoms with Crippen LogP contribution in [0.25, 0.3) is 0 Å². The van der Waals surface area contributed by atoms with Gasteiger partial charge in [-0.15, -0.1) is 0 Å². The van der Waals surface area contributed by atoms with Crippen LogP contribution >= 0.6 is 7.14 Å². The summed E-state index contributed by atoms with van der Waals surface area (Å²) in [5, 5.41) is 0.342. The second kappa shape index (κ2) is 4.02. The Morgan fingerprint density at radius 3 is 2.24 bits per heavy atom. The zero-order valence-electron chi connectivity index (χ0n) is 9.29. The average Bonchev–Trinajstić information content (AvgIpc) is 2.64. The number of benzene rings is 1. The summed E-state index contributed by atoms with van der Waals surface area (Å²) in [6, 6.07) is 3.71. The van der Waals surface area contributed by atoms with Gasteiger partial charge in [0.05, 0.1) is 5.56 Å². The number of halogens is 3. The van der Waals surface area contributed by atoms with Gasteiger partial charge in [0.15, 0.2) is 0 Å². The molecule has 92 valence electrons. The first-order valence-corrected chi connectivity index (χ1v) is 7.31. The minimum atomic E-state index is -4.38. The van der Waals surface area contributed by atoms with E-state index in [0.29, 0.717) is 23.2 Å². The molecule has 1 aromatic carbocycles. The SMILES string of the molecule is Cc1cc(C(F)(F)F)cc(P2(=O)CC=CC2)c1. The lowest BCUT2D eigenvalue weighted by Gasteiger charge is -2.15. The Morgan fingerprint density at radius 1 is 1.12 bits per heavy atom. The lowest BCUT2D eigenvalue weighted by atomic mass is 10.1. The summed E-state index contributed by atoms with van der Waals surface area (Å²) in [4.78, 5) is 0. The molecule has 0 aliphatic carbocycles. The van der Waals surface area contributed by atoms with Crippen LogP contribution in [0.2, 0.25) is 0 Å². The first-order chi connectivity index (χ1) is 7.81. The second-order valence-electron chi connectivity index (χ2n) is 4.28. The zero-order chi connectivity index (χ0) is 12.7. The zero-order valence-corrected chi connectivity index (χ0v) is 10.2. The Kier molecular flexibility index (Phi) is 2.94. The summed E-state index contributed by atoms with van der Waals surface area (Å²) < 4.78 is 50.4. The molecular formula is C12H12F3OP. The third-order valence-electron chi connectivity index (χ3n) is 2.83. The molecule has 1 aliphatic heterocycles. The van der Waals surface area contributed by atoms with Gasteiger partial charge in [0, 0.05) is 17.6 Å². The van der Waals surface area contributed by atoms with Gasteiger partial charge in [-0.2, -0.15) is 13.2 Å². The molecule has 0 bridgehead atoms. The molecule has 1 aliphatic rings. The van der Waals surface area contributed by atoms with Crippen LogP contribution in [0, 0.1) is 6.92 Å². The van der Waals surface area contributed by atoms with Crippen molar-refractivity contribution in [1.82, 2.24) is 0 Å². The van der Waals surface area contributed by atoms with E-state index in [0.717, 1.165) is 12.1 Å². The van der Waals surface area contributed by atoms with E-state index in [1.807, 2.05) is 0 Å². The molecule has 0 amide bonds. The van der Waals surface area contributed by atoms with Crippen molar-refractivity contribution < 1.29 is 17.7 Å². The van der Waals surface area contributed by atoms with Crippen molar-refractivity contribution in [1.29, 1.82) is 0 Å².